The number of hydrogen-bond acceptors (Lipinski definition) is 4. The average Bonchev–Trinajstić information content (AvgIpc) is 2.41. The summed E-state index contributed by atoms with van der Waals surface area (Å²) in [4.78, 5) is 29.9. The molecule has 1 atom stereocenters. The minimum atomic E-state index is -0.579. The summed E-state index contributed by atoms with van der Waals surface area (Å²) in [6, 6.07) is 4.72. The van der Waals surface area contributed by atoms with Gasteiger partial charge in [-0.15, -0.1) is 0 Å². The van der Waals surface area contributed by atoms with Crippen LogP contribution in [0.2, 0.25) is 0 Å². The molecule has 1 fully saturated rings. The van der Waals surface area contributed by atoms with E-state index in [4.69, 9.17) is 4.74 Å². The largest absolute Gasteiger partial charge is 0.467 e. The number of pyridine rings is 1. The first kappa shape index (κ1) is 13.5. The standard InChI is InChI=1S/C14H18N2O3/c1-10(14(18)19-2)16(11-6-5-7-11)13(17)12-8-3-4-9-15-12/h3-4,8-11H,5-7H2,1-2H3. The topological polar surface area (TPSA) is 59.5 Å². The number of methoxy groups -OCH3 is 1. The molecule has 0 bridgehead atoms. The van der Waals surface area contributed by atoms with Crippen molar-refractivity contribution < 1.29 is 14.3 Å². The number of ether oxygens (including phenoxy) is 1. The minimum absolute atomic E-state index is 0.114. The molecule has 0 N–H and O–H groups in total. The lowest BCUT2D eigenvalue weighted by molar-refractivity contribution is -0.146. The number of rotatable bonds is 4. The molecule has 1 aliphatic carbocycles. The maximum absolute atomic E-state index is 12.5. The molecule has 0 spiro atoms. The zero-order chi connectivity index (χ0) is 13.8. The molecule has 1 amide bonds. The molecule has 1 aliphatic rings. The Morgan fingerprint density at radius 2 is 2.16 bits per heavy atom. The Kier molecular flexibility index (Phi) is 4.14. The second kappa shape index (κ2) is 5.82. The van der Waals surface area contributed by atoms with E-state index in [0.29, 0.717) is 5.69 Å². The third-order valence-corrected chi connectivity index (χ3v) is 3.55. The minimum Gasteiger partial charge on any atom is -0.467 e. The summed E-state index contributed by atoms with van der Waals surface area (Å²) in [5.41, 5.74) is 0.366. The lowest BCUT2D eigenvalue weighted by Crippen LogP contribution is -2.52. The fraction of sp³-hybridized carbons (Fsp3) is 0.500. The monoisotopic (exact) mass is 262 g/mol. The zero-order valence-electron chi connectivity index (χ0n) is 11.2. The highest BCUT2D eigenvalue weighted by Gasteiger charge is 2.36. The van der Waals surface area contributed by atoms with Crippen LogP contribution in [0.4, 0.5) is 0 Å². The maximum Gasteiger partial charge on any atom is 0.328 e. The molecule has 1 unspecified atom stereocenters. The molecule has 1 saturated carbocycles. The summed E-state index contributed by atoms with van der Waals surface area (Å²) in [5.74, 6) is -0.598. The van der Waals surface area contributed by atoms with Gasteiger partial charge in [0.15, 0.2) is 0 Å². The Labute approximate surface area is 112 Å². The van der Waals surface area contributed by atoms with Crippen LogP contribution in [-0.4, -0.2) is 41.0 Å². The van der Waals surface area contributed by atoms with Crippen LogP contribution in [0.3, 0.4) is 0 Å². The summed E-state index contributed by atoms with van der Waals surface area (Å²) in [6.45, 7) is 1.70. The molecule has 0 radical (unpaired) electrons. The third-order valence-electron chi connectivity index (χ3n) is 3.55. The fourth-order valence-electron chi connectivity index (χ4n) is 2.23. The van der Waals surface area contributed by atoms with Gasteiger partial charge in [0, 0.05) is 12.2 Å². The zero-order valence-corrected chi connectivity index (χ0v) is 11.2. The van der Waals surface area contributed by atoms with Crippen molar-refractivity contribution >= 4 is 11.9 Å². The predicted molar refractivity (Wildman–Crippen MR) is 69.5 cm³/mol. The van der Waals surface area contributed by atoms with Crippen LogP contribution in [0.15, 0.2) is 24.4 Å². The molecule has 102 valence electrons. The molecule has 5 heteroatoms. The van der Waals surface area contributed by atoms with Gasteiger partial charge in [-0.25, -0.2) is 4.79 Å². The first-order chi connectivity index (χ1) is 9.15. The van der Waals surface area contributed by atoms with Crippen molar-refractivity contribution in [1.29, 1.82) is 0 Å². The van der Waals surface area contributed by atoms with E-state index in [1.54, 1.807) is 36.2 Å². The second-order valence-electron chi connectivity index (χ2n) is 4.71. The van der Waals surface area contributed by atoms with Crippen LogP contribution in [0, 0.1) is 0 Å². The molecule has 0 aliphatic heterocycles. The SMILES string of the molecule is COC(=O)C(C)N(C(=O)c1ccccn1)C1CCC1. The summed E-state index contributed by atoms with van der Waals surface area (Å²) >= 11 is 0. The third kappa shape index (κ3) is 2.75. The highest BCUT2D eigenvalue weighted by molar-refractivity contribution is 5.95. The number of aromatic nitrogens is 1. The van der Waals surface area contributed by atoms with E-state index in [1.807, 2.05) is 0 Å². The number of amides is 1. The van der Waals surface area contributed by atoms with Crippen LogP contribution in [-0.2, 0) is 9.53 Å². The number of carbonyl (C=O) groups is 2. The van der Waals surface area contributed by atoms with Crippen molar-refractivity contribution in [2.45, 2.75) is 38.3 Å². The first-order valence-corrected chi connectivity index (χ1v) is 6.46. The molecule has 1 heterocycles. The summed E-state index contributed by atoms with van der Waals surface area (Å²) in [5, 5.41) is 0. The van der Waals surface area contributed by atoms with E-state index in [2.05, 4.69) is 4.98 Å². The van der Waals surface area contributed by atoms with Crippen molar-refractivity contribution in [2.75, 3.05) is 7.11 Å². The number of esters is 1. The van der Waals surface area contributed by atoms with Gasteiger partial charge in [-0.2, -0.15) is 0 Å². The van der Waals surface area contributed by atoms with Gasteiger partial charge in [0.05, 0.1) is 7.11 Å². The highest BCUT2D eigenvalue weighted by atomic mass is 16.5. The summed E-state index contributed by atoms with van der Waals surface area (Å²) in [6.07, 6.45) is 4.53. The Morgan fingerprint density at radius 3 is 2.63 bits per heavy atom. The molecule has 19 heavy (non-hydrogen) atoms. The Balaban J connectivity index is 2.22. The average molecular weight is 262 g/mol. The van der Waals surface area contributed by atoms with Crippen molar-refractivity contribution in [2.24, 2.45) is 0 Å². The van der Waals surface area contributed by atoms with E-state index in [9.17, 15) is 9.59 Å². The Morgan fingerprint density at radius 1 is 1.42 bits per heavy atom. The molecule has 5 nitrogen and oxygen atoms in total. The summed E-state index contributed by atoms with van der Waals surface area (Å²) < 4.78 is 4.74. The highest BCUT2D eigenvalue weighted by Crippen LogP contribution is 2.28. The predicted octanol–water partition coefficient (Wildman–Crippen LogP) is 1.64. The van der Waals surface area contributed by atoms with E-state index in [1.165, 1.54) is 7.11 Å². The van der Waals surface area contributed by atoms with Gasteiger partial charge < -0.3 is 9.64 Å². The van der Waals surface area contributed by atoms with Gasteiger partial charge in [-0.3, -0.25) is 9.78 Å². The summed E-state index contributed by atoms with van der Waals surface area (Å²) in [7, 11) is 1.34. The van der Waals surface area contributed by atoms with E-state index in [-0.39, 0.29) is 11.9 Å². The Bertz CT molecular complexity index is 457. The van der Waals surface area contributed by atoms with Crippen molar-refractivity contribution in [1.82, 2.24) is 9.88 Å². The van der Waals surface area contributed by atoms with E-state index in [0.717, 1.165) is 19.3 Å². The number of nitrogens with zero attached hydrogens (tertiary/aromatic N) is 2. The van der Waals surface area contributed by atoms with Crippen LogP contribution in [0.5, 0.6) is 0 Å². The van der Waals surface area contributed by atoms with Gasteiger partial charge in [0.2, 0.25) is 0 Å². The number of carbonyl (C=O) groups excluding carboxylic acids is 2. The van der Waals surface area contributed by atoms with Gasteiger partial charge in [0.1, 0.15) is 11.7 Å². The quantitative estimate of drug-likeness (QED) is 0.774. The first-order valence-electron chi connectivity index (χ1n) is 6.46. The van der Waals surface area contributed by atoms with E-state index < -0.39 is 12.0 Å². The molecule has 2 rings (SSSR count). The fourth-order valence-corrected chi connectivity index (χ4v) is 2.23. The van der Waals surface area contributed by atoms with Gasteiger partial charge in [-0.05, 0) is 38.3 Å². The van der Waals surface area contributed by atoms with Crippen LogP contribution in [0.1, 0.15) is 36.7 Å². The Hall–Kier alpha value is -1.91. The van der Waals surface area contributed by atoms with Crippen LogP contribution in [0.25, 0.3) is 0 Å². The van der Waals surface area contributed by atoms with Crippen molar-refractivity contribution in [3.63, 3.8) is 0 Å². The lowest BCUT2D eigenvalue weighted by Gasteiger charge is -2.40. The lowest BCUT2D eigenvalue weighted by atomic mass is 9.90. The van der Waals surface area contributed by atoms with Gasteiger partial charge in [0.25, 0.3) is 5.91 Å². The van der Waals surface area contributed by atoms with Crippen molar-refractivity contribution in [3.8, 4) is 0 Å². The van der Waals surface area contributed by atoms with E-state index >= 15 is 0 Å². The van der Waals surface area contributed by atoms with Gasteiger partial charge >= 0.3 is 5.97 Å². The maximum atomic E-state index is 12.5. The molecule has 0 aromatic carbocycles. The smallest absolute Gasteiger partial charge is 0.328 e. The molecular formula is C14H18N2O3. The van der Waals surface area contributed by atoms with Crippen LogP contribution >= 0.6 is 0 Å². The molecule has 1 aromatic heterocycles. The second-order valence-corrected chi connectivity index (χ2v) is 4.71. The molecule has 1 aromatic rings. The number of hydrogen-bond donors (Lipinski definition) is 0. The van der Waals surface area contributed by atoms with Crippen LogP contribution < -0.4 is 0 Å². The van der Waals surface area contributed by atoms with Gasteiger partial charge in [-0.1, -0.05) is 6.07 Å². The molecule has 0 saturated heterocycles. The van der Waals surface area contributed by atoms with Crippen molar-refractivity contribution in [3.05, 3.63) is 30.1 Å². The normalized spacial score (nSPS) is 16.3. The molecular weight excluding hydrogens is 244 g/mol.